The molecule has 1 aromatic carbocycles. The highest BCUT2D eigenvalue weighted by Crippen LogP contribution is 2.26. The minimum atomic E-state index is -0.0532. The summed E-state index contributed by atoms with van der Waals surface area (Å²) in [4.78, 5) is 29.3. The zero-order chi connectivity index (χ0) is 17.2. The molecule has 2 fully saturated rings. The molecule has 1 aliphatic heterocycles. The van der Waals surface area contributed by atoms with Gasteiger partial charge in [-0.25, -0.2) is 4.68 Å². The lowest BCUT2D eigenvalue weighted by atomic mass is 10.1. The predicted molar refractivity (Wildman–Crippen MR) is 96.1 cm³/mol. The maximum atomic E-state index is 12.6. The summed E-state index contributed by atoms with van der Waals surface area (Å²) in [6.07, 6.45) is 6.22. The molecule has 1 aromatic heterocycles. The summed E-state index contributed by atoms with van der Waals surface area (Å²) in [5.74, 6) is 0.578. The number of piperazine rings is 1. The lowest BCUT2D eigenvalue weighted by Crippen LogP contribution is -2.51. The second kappa shape index (κ2) is 6.96. The third-order valence-electron chi connectivity index (χ3n) is 5.48. The molecule has 25 heavy (non-hydrogen) atoms. The highest BCUT2D eigenvalue weighted by atomic mass is 16.2. The number of carbonyl (C=O) groups is 1. The van der Waals surface area contributed by atoms with Gasteiger partial charge in [-0.1, -0.05) is 31.0 Å². The summed E-state index contributed by atoms with van der Waals surface area (Å²) in [6.45, 7) is 3.56. The van der Waals surface area contributed by atoms with Crippen LogP contribution in [0, 0.1) is 5.92 Å². The monoisotopic (exact) mass is 340 g/mol. The number of benzene rings is 1. The molecule has 0 atom stereocenters. The minimum absolute atomic E-state index is 0.0532. The molecule has 2 aromatic rings. The number of fused-ring (bicyclic) bond motifs is 1. The molecule has 0 N–H and O–H groups in total. The molecule has 1 saturated carbocycles. The summed E-state index contributed by atoms with van der Waals surface area (Å²) < 4.78 is 1.52. The van der Waals surface area contributed by atoms with Crippen LogP contribution in [0.2, 0.25) is 0 Å². The maximum Gasteiger partial charge on any atom is 0.275 e. The Morgan fingerprint density at radius 2 is 1.80 bits per heavy atom. The zero-order valence-corrected chi connectivity index (χ0v) is 14.4. The molecular weight excluding hydrogens is 316 g/mol. The van der Waals surface area contributed by atoms with Crippen molar-refractivity contribution in [2.75, 3.05) is 26.2 Å². The molecule has 1 amide bonds. The number of carbonyl (C=O) groups excluding carboxylic acids is 1. The van der Waals surface area contributed by atoms with Gasteiger partial charge in [0.25, 0.3) is 5.56 Å². The van der Waals surface area contributed by atoms with Crippen LogP contribution in [0.3, 0.4) is 0 Å². The normalized spacial score (nSPS) is 19.6. The third kappa shape index (κ3) is 3.31. The summed E-state index contributed by atoms with van der Waals surface area (Å²) in [5, 5.41) is 5.87. The molecule has 2 aliphatic rings. The van der Waals surface area contributed by atoms with Gasteiger partial charge < -0.3 is 4.90 Å². The van der Waals surface area contributed by atoms with Crippen LogP contribution in [-0.4, -0.2) is 51.7 Å². The SMILES string of the molecule is O=C(C1CCCC1)N1CCN(Cn2ncc3ccccc3c2=O)CC1. The molecular formula is C19H24N4O2. The van der Waals surface area contributed by atoms with Gasteiger partial charge in [-0.15, -0.1) is 0 Å². The predicted octanol–water partition coefficient (Wildman–Crippen LogP) is 1.69. The Bertz CT molecular complexity index is 818. The van der Waals surface area contributed by atoms with Crippen molar-refractivity contribution in [2.24, 2.45) is 5.92 Å². The van der Waals surface area contributed by atoms with Crippen LogP contribution in [-0.2, 0) is 11.5 Å². The molecule has 1 aliphatic carbocycles. The molecule has 0 bridgehead atoms. The van der Waals surface area contributed by atoms with E-state index in [0.717, 1.165) is 44.4 Å². The van der Waals surface area contributed by atoms with Gasteiger partial charge >= 0.3 is 0 Å². The molecule has 1 saturated heterocycles. The van der Waals surface area contributed by atoms with Gasteiger partial charge in [0.05, 0.1) is 18.3 Å². The van der Waals surface area contributed by atoms with Crippen molar-refractivity contribution in [3.05, 3.63) is 40.8 Å². The van der Waals surface area contributed by atoms with Gasteiger partial charge in [0.15, 0.2) is 0 Å². The fraction of sp³-hybridized carbons (Fsp3) is 0.526. The van der Waals surface area contributed by atoms with Crippen LogP contribution >= 0.6 is 0 Å². The van der Waals surface area contributed by atoms with E-state index in [9.17, 15) is 9.59 Å². The number of amides is 1. The Morgan fingerprint density at radius 3 is 2.56 bits per heavy atom. The summed E-state index contributed by atoms with van der Waals surface area (Å²) >= 11 is 0. The van der Waals surface area contributed by atoms with E-state index in [1.807, 2.05) is 29.2 Å². The Morgan fingerprint density at radius 1 is 1.08 bits per heavy atom. The highest BCUT2D eigenvalue weighted by molar-refractivity contribution is 5.80. The standard InChI is InChI=1S/C19H24N4O2/c24-18(15-5-1-2-6-15)22-11-9-21(10-12-22)14-23-19(25)17-8-4-3-7-16(17)13-20-23/h3-4,7-8,13,15H,1-2,5-6,9-12,14H2. The van der Waals surface area contributed by atoms with Gasteiger partial charge in [0.1, 0.15) is 0 Å². The molecule has 0 unspecified atom stereocenters. The van der Waals surface area contributed by atoms with Crippen molar-refractivity contribution in [2.45, 2.75) is 32.4 Å². The van der Waals surface area contributed by atoms with E-state index in [1.54, 1.807) is 6.20 Å². The Labute approximate surface area is 147 Å². The number of hydrogen-bond acceptors (Lipinski definition) is 4. The van der Waals surface area contributed by atoms with Crippen molar-refractivity contribution in [3.8, 4) is 0 Å². The summed E-state index contributed by atoms with van der Waals surface area (Å²) in [5.41, 5.74) is -0.0532. The number of nitrogens with zero attached hydrogens (tertiary/aromatic N) is 4. The molecule has 6 nitrogen and oxygen atoms in total. The minimum Gasteiger partial charge on any atom is -0.340 e. The Hall–Kier alpha value is -2.21. The average Bonchev–Trinajstić information content (AvgIpc) is 3.19. The van der Waals surface area contributed by atoms with Crippen LogP contribution in [0.5, 0.6) is 0 Å². The fourth-order valence-corrected chi connectivity index (χ4v) is 3.96. The van der Waals surface area contributed by atoms with Crippen molar-refractivity contribution in [1.82, 2.24) is 19.6 Å². The number of rotatable bonds is 3. The first-order valence-corrected chi connectivity index (χ1v) is 9.18. The van der Waals surface area contributed by atoms with Gasteiger partial charge in [0, 0.05) is 37.5 Å². The van der Waals surface area contributed by atoms with Crippen molar-refractivity contribution in [1.29, 1.82) is 0 Å². The van der Waals surface area contributed by atoms with E-state index in [-0.39, 0.29) is 11.5 Å². The molecule has 132 valence electrons. The molecule has 2 heterocycles. The zero-order valence-electron chi connectivity index (χ0n) is 14.4. The molecule has 4 rings (SSSR count). The Balaban J connectivity index is 1.39. The first-order valence-electron chi connectivity index (χ1n) is 9.18. The second-order valence-electron chi connectivity index (χ2n) is 7.10. The summed E-state index contributed by atoms with van der Waals surface area (Å²) in [7, 11) is 0. The van der Waals surface area contributed by atoms with Crippen LogP contribution in [0.25, 0.3) is 10.8 Å². The van der Waals surface area contributed by atoms with E-state index in [2.05, 4.69) is 10.00 Å². The van der Waals surface area contributed by atoms with Crippen molar-refractivity contribution >= 4 is 16.7 Å². The van der Waals surface area contributed by atoms with Gasteiger partial charge in [0.2, 0.25) is 5.91 Å². The third-order valence-corrected chi connectivity index (χ3v) is 5.48. The lowest BCUT2D eigenvalue weighted by molar-refractivity contribution is -0.137. The van der Waals surface area contributed by atoms with Gasteiger partial charge in [-0.2, -0.15) is 5.10 Å². The van der Waals surface area contributed by atoms with E-state index >= 15 is 0 Å². The van der Waals surface area contributed by atoms with E-state index in [4.69, 9.17) is 0 Å². The first kappa shape index (κ1) is 16.3. The molecule has 0 spiro atoms. The average molecular weight is 340 g/mol. The van der Waals surface area contributed by atoms with Crippen LogP contribution in [0.4, 0.5) is 0 Å². The van der Waals surface area contributed by atoms with Crippen LogP contribution in [0.15, 0.2) is 35.3 Å². The Kier molecular flexibility index (Phi) is 4.53. The number of hydrogen-bond donors (Lipinski definition) is 0. The first-order chi connectivity index (χ1) is 12.2. The smallest absolute Gasteiger partial charge is 0.275 e. The lowest BCUT2D eigenvalue weighted by Gasteiger charge is -2.35. The molecule has 0 radical (unpaired) electrons. The van der Waals surface area contributed by atoms with E-state index in [0.29, 0.717) is 18.0 Å². The maximum absolute atomic E-state index is 12.6. The topological polar surface area (TPSA) is 58.4 Å². The van der Waals surface area contributed by atoms with Crippen LogP contribution in [0.1, 0.15) is 25.7 Å². The van der Waals surface area contributed by atoms with E-state index < -0.39 is 0 Å². The van der Waals surface area contributed by atoms with Crippen molar-refractivity contribution in [3.63, 3.8) is 0 Å². The molecule has 6 heteroatoms. The van der Waals surface area contributed by atoms with Crippen LogP contribution < -0.4 is 5.56 Å². The van der Waals surface area contributed by atoms with Gasteiger partial charge in [-0.05, 0) is 18.9 Å². The van der Waals surface area contributed by atoms with Gasteiger partial charge in [-0.3, -0.25) is 14.5 Å². The van der Waals surface area contributed by atoms with Crippen molar-refractivity contribution < 1.29 is 4.79 Å². The fourth-order valence-electron chi connectivity index (χ4n) is 3.96. The quantitative estimate of drug-likeness (QED) is 0.853. The largest absolute Gasteiger partial charge is 0.340 e. The van der Waals surface area contributed by atoms with E-state index in [1.165, 1.54) is 17.5 Å². The second-order valence-corrected chi connectivity index (χ2v) is 7.10. The summed E-state index contributed by atoms with van der Waals surface area (Å²) in [6, 6.07) is 7.53. The highest BCUT2D eigenvalue weighted by Gasteiger charge is 2.29. The number of aromatic nitrogens is 2.